The standard InChI is InChI=1S/C20H14Cl2O5/c1-25-13-8-18(26-2)15-10-14(20(24)27-19(15)9-13)17(23)6-4-11-3-5-12(21)7-16(11)22/h3-10H,1-2H3/b6-4+. The Bertz CT molecular complexity index is 1120. The molecule has 0 amide bonds. The lowest BCUT2D eigenvalue weighted by Gasteiger charge is -2.08. The van der Waals surface area contributed by atoms with Gasteiger partial charge < -0.3 is 13.9 Å². The van der Waals surface area contributed by atoms with E-state index < -0.39 is 11.4 Å². The minimum atomic E-state index is -0.755. The lowest BCUT2D eigenvalue weighted by atomic mass is 10.1. The number of hydrogen-bond acceptors (Lipinski definition) is 5. The summed E-state index contributed by atoms with van der Waals surface area (Å²) in [5.41, 5.74) is -0.0126. The van der Waals surface area contributed by atoms with E-state index in [4.69, 9.17) is 37.1 Å². The summed E-state index contributed by atoms with van der Waals surface area (Å²) >= 11 is 11.9. The Morgan fingerprint density at radius 3 is 2.52 bits per heavy atom. The quantitative estimate of drug-likeness (QED) is 0.339. The molecule has 0 unspecified atom stereocenters. The summed E-state index contributed by atoms with van der Waals surface area (Å²) in [6.07, 6.45) is 2.76. The summed E-state index contributed by atoms with van der Waals surface area (Å²) < 4.78 is 15.7. The number of halogens is 2. The van der Waals surface area contributed by atoms with Crippen LogP contribution in [-0.4, -0.2) is 20.0 Å². The number of fused-ring (bicyclic) bond motifs is 1. The first-order valence-corrected chi connectivity index (χ1v) is 8.56. The van der Waals surface area contributed by atoms with Crippen molar-refractivity contribution >= 4 is 46.0 Å². The topological polar surface area (TPSA) is 65.7 Å². The Hall–Kier alpha value is -2.76. The number of methoxy groups -OCH3 is 2. The Morgan fingerprint density at radius 2 is 1.85 bits per heavy atom. The maximum atomic E-state index is 12.5. The molecule has 0 spiro atoms. The van der Waals surface area contributed by atoms with Crippen molar-refractivity contribution in [1.82, 2.24) is 0 Å². The summed E-state index contributed by atoms with van der Waals surface area (Å²) in [7, 11) is 2.96. The minimum Gasteiger partial charge on any atom is -0.496 e. The Morgan fingerprint density at radius 1 is 1.07 bits per heavy atom. The number of ketones is 1. The molecule has 0 aliphatic heterocycles. The summed E-state index contributed by atoms with van der Waals surface area (Å²) in [6.45, 7) is 0. The van der Waals surface area contributed by atoms with Crippen molar-refractivity contribution in [3.63, 3.8) is 0 Å². The highest BCUT2D eigenvalue weighted by molar-refractivity contribution is 6.35. The first kappa shape index (κ1) is 19.0. The second-order valence-corrected chi connectivity index (χ2v) is 6.40. The van der Waals surface area contributed by atoms with Gasteiger partial charge in [-0.1, -0.05) is 29.3 Å². The zero-order valence-corrected chi connectivity index (χ0v) is 15.9. The average molecular weight is 405 g/mol. The van der Waals surface area contributed by atoms with Crippen LogP contribution >= 0.6 is 23.2 Å². The Labute approximate surface area is 164 Å². The van der Waals surface area contributed by atoms with Crippen LogP contribution in [0, 0.1) is 0 Å². The Kier molecular flexibility index (Phi) is 5.54. The van der Waals surface area contributed by atoms with Gasteiger partial charge >= 0.3 is 5.63 Å². The number of hydrogen-bond donors (Lipinski definition) is 0. The molecule has 0 aliphatic carbocycles. The van der Waals surface area contributed by atoms with Gasteiger partial charge in [-0.3, -0.25) is 4.79 Å². The van der Waals surface area contributed by atoms with Crippen molar-refractivity contribution in [1.29, 1.82) is 0 Å². The van der Waals surface area contributed by atoms with E-state index in [1.165, 1.54) is 32.4 Å². The van der Waals surface area contributed by atoms with Crippen molar-refractivity contribution in [3.05, 3.63) is 74.1 Å². The third-order valence-corrected chi connectivity index (χ3v) is 4.45. The first-order chi connectivity index (χ1) is 12.9. The molecule has 0 bridgehead atoms. The normalized spacial score (nSPS) is 11.1. The maximum Gasteiger partial charge on any atom is 0.347 e. The second-order valence-electron chi connectivity index (χ2n) is 5.55. The van der Waals surface area contributed by atoms with Crippen LogP contribution < -0.4 is 15.1 Å². The van der Waals surface area contributed by atoms with Crippen molar-refractivity contribution in [3.8, 4) is 11.5 Å². The molecular formula is C20H14Cl2O5. The molecule has 138 valence electrons. The number of carbonyl (C=O) groups is 1. The van der Waals surface area contributed by atoms with Gasteiger partial charge in [0.2, 0.25) is 0 Å². The van der Waals surface area contributed by atoms with Gasteiger partial charge in [0.15, 0.2) is 5.78 Å². The molecule has 0 aliphatic rings. The zero-order chi connectivity index (χ0) is 19.6. The highest BCUT2D eigenvalue weighted by atomic mass is 35.5. The molecule has 0 N–H and O–H groups in total. The van der Waals surface area contributed by atoms with Crippen molar-refractivity contribution in [2.24, 2.45) is 0 Å². The smallest absolute Gasteiger partial charge is 0.347 e. The summed E-state index contributed by atoms with van der Waals surface area (Å²) in [4.78, 5) is 24.8. The van der Waals surface area contributed by atoms with Gasteiger partial charge in [0.25, 0.3) is 0 Å². The van der Waals surface area contributed by atoms with Gasteiger partial charge in [0, 0.05) is 22.2 Å². The van der Waals surface area contributed by atoms with Gasteiger partial charge in [-0.15, -0.1) is 0 Å². The number of benzene rings is 2. The Balaban J connectivity index is 2.03. The zero-order valence-electron chi connectivity index (χ0n) is 14.4. The first-order valence-electron chi connectivity index (χ1n) is 7.80. The summed E-state index contributed by atoms with van der Waals surface area (Å²) in [6, 6.07) is 9.52. The van der Waals surface area contributed by atoms with Crippen LogP contribution in [0.25, 0.3) is 17.0 Å². The van der Waals surface area contributed by atoms with E-state index in [2.05, 4.69) is 0 Å². The fourth-order valence-electron chi connectivity index (χ4n) is 2.51. The van der Waals surface area contributed by atoms with Crippen LogP contribution in [-0.2, 0) is 0 Å². The molecule has 0 fully saturated rings. The van der Waals surface area contributed by atoms with E-state index in [1.54, 1.807) is 30.3 Å². The molecule has 3 rings (SSSR count). The molecule has 0 saturated carbocycles. The molecule has 0 atom stereocenters. The van der Waals surface area contributed by atoms with Gasteiger partial charge in [-0.25, -0.2) is 4.79 Å². The van der Waals surface area contributed by atoms with E-state index in [-0.39, 0.29) is 11.1 Å². The minimum absolute atomic E-state index is 0.118. The number of rotatable bonds is 5. The molecule has 5 nitrogen and oxygen atoms in total. The largest absolute Gasteiger partial charge is 0.496 e. The molecule has 0 radical (unpaired) electrons. The van der Waals surface area contributed by atoms with E-state index in [1.807, 2.05) is 0 Å². The molecule has 3 aromatic rings. The number of carbonyl (C=O) groups excluding carboxylic acids is 1. The highest BCUT2D eigenvalue weighted by Gasteiger charge is 2.15. The van der Waals surface area contributed by atoms with Crippen LogP contribution in [0.4, 0.5) is 0 Å². The fourth-order valence-corrected chi connectivity index (χ4v) is 2.98. The van der Waals surface area contributed by atoms with Crippen molar-refractivity contribution in [2.45, 2.75) is 0 Å². The third-order valence-electron chi connectivity index (χ3n) is 3.89. The van der Waals surface area contributed by atoms with Gasteiger partial charge in [0.1, 0.15) is 22.6 Å². The molecule has 2 aromatic carbocycles. The fraction of sp³-hybridized carbons (Fsp3) is 0.100. The van der Waals surface area contributed by atoms with E-state index in [0.717, 1.165) is 0 Å². The predicted molar refractivity (Wildman–Crippen MR) is 105 cm³/mol. The molecule has 27 heavy (non-hydrogen) atoms. The molecule has 0 saturated heterocycles. The molecule has 7 heteroatoms. The monoisotopic (exact) mass is 404 g/mol. The van der Waals surface area contributed by atoms with Crippen LogP contribution in [0.5, 0.6) is 11.5 Å². The molecular weight excluding hydrogens is 391 g/mol. The van der Waals surface area contributed by atoms with Gasteiger partial charge in [-0.2, -0.15) is 0 Å². The number of ether oxygens (including phenoxy) is 2. The van der Waals surface area contributed by atoms with E-state index in [9.17, 15) is 9.59 Å². The molecule has 1 aromatic heterocycles. The SMILES string of the molecule is COc1cc(OC)c2cc(C(=O)/C=C/c3ccc(Cl)cc3Cl)c(=O)oc2c1. The summed E-state index contributed by atoms with van der Waals surface area (Å²) in [5.74, 6) is 0.375. The van der Waals surface area contributed by atoms with Gasteiger partial charge in [0.05, 0.1) is 19.6 Å². The van der Waals surface area contributed by atoms with Crippen molar-refractivity contribution < 1.29 is 18.7 Å². The third kappa shape index (κ3) is 3.99. The van der Waals surface area contributed by atoms with E-state index in [0.29, 0.717) is 32.5 Å². The lowest BCUT2D eigenvalue weighted by Crippen LogP contribution is -2.12. The van der Waals surface area contributed by atoms with Crippen LogP contribution in [0.2, 0.25) is 10.0 Å². The van der Waals surface area contributed by atoms with E-state index >= 15 is 0 Å². The van der Waals surface area contributed by atoms with Crippen molar-refractivity contribution in [2.75, 3.05) is 14.2 Å². The predicted octanol–water partition coefficient (Wildman–Crippen LogP) is 5.01. The molecule has 1 heterocycles. The van der Waals surface area contributed by atoms with Crippen LogP contribution in [0.3, 0.4) is 0 Å². The highest BCUT2D eigenvalue weighted by Crippen LogP contribution is 2.31. The van der Waals surface area contributed by atoms with Gasteiger partial charge in [-0.05, 0) is 35.9 Å². The van der Waals surface area contributed by atoms with Crippen LogP contribution in [0.1, 0.15) is 15.9 Å². The second kappa shape index (κ2) is 7.86. The maximum absolute atomic E-state index is 12.5. The summed E-state index contributed by atoms with van der Waals surface area (Å²) in [5, 5.41) is 1.37. The van der Waals surface area contributed by atoms with Crippen LogP contribution in [0.15, 0.2) is 51.7 Å². The lowest BCUT2D eigenvalue weighted by molar-refractivity contribution is 0.104. The number of allylic oxidation sites excluding steroid dienone is 1. The average Bonchev–Trinajstić information content (AvgIpc) is 2.65.